The third kappa shape index (κ3) is 4.63. The van der Waals surface area contributed by atoms with Crippen LogP contribution in [0.25, 0.3) is 0 Å². The van der Waals surface area contributed by atoms with E-state index in [1.165, 1.54) is 7.11 Å². The van der Waals surface area contributed by atoms with E-state index in [2.05, 4.69) is 17.2 Å². The number of para-hydroxylation sites is 1. The van der Waals surface area contributed by atoms with Crippen LogP contribution in [-0.2, 0) is 0 Å². The van der Waals surface area contributed by atoms with Gasteiger partial charge in [0.05, 0.1) is 25.0 Å². The number of nitrogens with one attached hydrogen (secondary N) is 2. The normalized spacial score (nSPS) is 9.92. The molecule has 0 heterocycles. The first-order valence-electron chi connectivity index (χ1n) is 8.21. The van der Waals surface area contributed by atoms with Crippen LogP contribution in [0.15, 0.2) is 55.1 Å². The number of rotatable bonds is 8. The second kappa shape index (κ2) is 9.27. The van der Waals surface area contributed by atoms with Gasteiger partial charge in [0.15, 0.2) is 11.5 Å². The summed E-state index contributed by atoms with van der Waals surface area (Å²) in [6.07, 6.45) is 1.59. The molecule has 0 unspecified atom stereocenters. The number of ether oxygens (including phenoxy) is 2. The smallest absolute Gasteiger partial charge is 0.255 e. The van der Waals surface area contributed by atoms with E-state index in [9.17, 15) is 9.59 Å². The molecule has 26 heavy (non-hydrogen) atoms. The molecule has 2 aromatic carbocycles. The lowest BCUT2D eigenvalue weighted by Crippen LogP contribution is -2.25. The number of anilines is 1. The SMILES string of the molecule is C=CCNC(=O)c1ccccc1NC(=O)c1ccc(OCC)c(OC)c1. The van der Waals surface area contributed by atoms with Gasteiger partial charge in [0.25, 0.3) is 11.8 Å². The molecule has 2 amide bonds. The first kappa shape index (κ1) is 19.1. The Morgan fingerprint density at radius 3 is 2.58 bits per heavy atom. The van der Waals surface area contributed by atoms with Crippen LogP contribution in [0.5, 0.6) is 11.5 Å². The Kier molecular flexibility index (Phi) is 6.79. The minimum atomic E-state index is -0.352. The molecule has 136 valence electrons. The molecule has 6 heteroatoms. The van der Waals surface area contributed by atoms with Gasteiger partial charge in [-0.1, -0.05) is 18.2 Å². The van der Waals surface area contributed by atoms with Crippen molar-refractivity contribution < 1.29 is 19.1 Å². The lowest BCUT2D eigenvalue weighted by atomic mass is 10.1. The van der Waals surface area contributed by atoms with Crippen molar-refractivity contribution in [3.63, 3.8) is 0 Å². The molecule has 2 rings (SSSR count). The summed E-state index contributed by atoms with van der Waals surface area (Å²) in [5.74, 6) is 0.396. The second-order valence-corrected chi connectivity index (χ2v) is 5.30. The predicted molar refractivity (Wildman–Crippen MR) is 101 cm³/mol. The van der Waals surface area contributed by atoms with E-state index in [4.69, 9.17) is 9.47 Å². The summed E-state index contributed by atoms with van der Waals surface area (Å²) in [4.78, 5) is 24.8. The molecule has 2 aromatic rings. The van der Waals surface area contributed by atoms with Gasteiger partial charge in [-0.15, -0.1) is 6.58 Å². The van der Waals surface area contributed by atoms with Crippen LogP contribution < -0.4 is 20.1 Å². The standard InChI is InChI=1S/C20H22N2O4/c1-4-12-21-20(24)15-8-6-7-9-16(15)22-19(23)14-10-11-17(26-5-2)18(13-14)25-3/h4,6-11,13H,1,5,12H2,2-3H3,(H,21,24)(H,22,23). The van der Waals surface area contributed by atoms with Crippen LogP contribution >= 0.6 is 0 Å². The Balaban J connectivity index is 2.22. The Morgan fingerprint density at radius 2 is 1.88 bits per heavy atom. The van der Waals surface area contributed by atoms with Crippen molar-refractivity contribution in [1.82, 2.24) is 5.32 Å². The fraction of sp³-hybridized carbons (Fsp3) is 0.200. The number of hydrogen-bond donors (Lipinski definition) is 2. The van der Waals surface area contributed by atoms with E-state index in [0.29, 0.717) is 41.5 Å². The molecule has 0 fully saturated rings. The lowest BCUT2D eigenvalue weighted by molar-refractivity contribution is 0.0959. The van der Waals surface area contributed by atoms with E-state index < -0.39 is 0 Å². The summed E-state index contributed by atoms with van der Waals surface area (Å²) in [5, 5.41) is 5.46. The van der Waals surface area contributed by atoms with Crippen molar-refractivity contribution in [2.45, 2.75) is 6.92 Å². The van der Waals surface area contributed by atoms with Crippen LogP contribution in [0.4, 0.5) is 5.69 Å². The minimum absolute atomic E-state index is 0.287. The summed E-state index contributed by atoms with van der Waals surface area (Å²) in [5.41, 5.74) is 1.19. The topological polar surface area (TPSA) is 76.7 Å². The summed E-state index contributed by atoms with van der Waals surface area (Å²) < 4.78 is 10.7. The number of amides is 2. The zero-order chi connectivity index (χ0) is 18.9. The van der Waals surface area contributed by atoms with Gasteiger partial charge in [-0.05, 0) is 37.3 Å². The maximum atomic E-state index is 12.6. The van der Waals surface area contributed by atoms with Crippen molar-refractivity contribution in [2.75, 3.05) is 25.6 Å². The third-order valence-electron chi connectivity index (χ3n) is 3.55. The van der Waals surface area contributed by atoms with E-state index in [1.807, 2.05) is 6.92 Å². The zero-order valence-corrected chi connectivity index (χ0v) is 14.9. The van der Waals surface area contributed by atoms with Crippen molar-refractivity contribution in [3.8, 4) is 11.5 Å². The molecular weight excluding hydrogens is 332 g/mol. The van der Waals surface area contributed by atoms with Crippen molar-refractivity contribution in [3.05, 3.63) is 66.2 Å². The van der Waals surface area contributed by atoms with Crippen LogP contribution in [0.3, 0.4) is 0 Å². The largest absolute Gasteiger partial charge is 0.493 e. The average Bonchev–Trinajstić information content (AvgIpc) is 2.67. The highest BCUT2D eigenvalue weighted by Gasteiger charge is 2.15. The maximum absolute atomic E-state index is 12.6. The fourth-order valence-corrected chi connectivity index (χ4v) is 2.33. The molecule has 6 nitrogen and oxygen atoms in total. The highest BCUT2D eigenvalue weighted by molar-refractivity contribution is 6.09. The first-order valence-corrected chi connectivity index (χ1v) is 8.21. The fourth-order valence-electron chi connectivity index (χ4n) is 2.33. The van der Waals surface area contributed by atoms with Gasteiger partial charge in [0.1, 0.15) is 0 Å². The number of hydrogen-bond acceptors (Lipinski definition) is 4. The third-order valence-corrected chi connectivity index (χ3v) is 3.55. The van der Waals surface area contributed by atoms with Gasteiger partial charge < -0.3 is 20.1 Å². The van der Waals surface area contributed by atoms with Gasteiger partial charge in [0.2, 0.25) is 0 Å². The van der Waals surface area contributed by atoms with Gasteiger partial charge in [-0.2, -0.15) is 0 Å². The van der Waals surface area contributed by atoms with E-state index >= 15 is 0 Å². The van der Waals surface area contributed by atoms with Gasteiger partial charge in [0, 0.05) is 12.1 Å². The molecule has 0 aromatic heterocycles. The highest BCUT2D eigenvalue weighted by Crippen LogP contribution is 2.28. The number of methoxy groups -OCH3 is 1. The number of benzene rings is 2. The molecule has 2 N–H and O–H groups in total. The van der Waals surface area contributed by atoms with Crippen molar-refractivity contribution >= 4 is 17.5 Å². The second-order valence-electron chi connectivity index (χ2n) is 5.30. The molecule has 0 aliphatic carbocycles. The van der Waals surface area contributed by atoms with E-state index in [1.54, 1.807) is 48.5 Å². The van der Waals surface area contributed by atoms with E-state index in [0.717, 1.165) is 0 Å². The molecule has 0 saturated heterocycles. The summed E-state index contributed by atoms with van der Waals surface area (Å²) in [7, 11) is 1.51. The van der Waals surface area contributed by atoms with Gasteiger partial charge in [-0.25, -0.2) is 0 Å². The lowest BCUT2D eigenvalue weighted by Gasteiger charge is -2.13. The predicted octanol–water partition coefficient (Wildman–Crippen LogP) is 3.26. The number of carbonyl (C=O) groups is 2. The first-order chi connectivity index (χ1) is 12.6. The van der Waals surface area contributed by atoms with Gasteiger partial charge in [-0.3, -0.25) is 9.59 Å². The quantitative estimate of drug-likeness (QED) is 0.714. The van der Waals surface area contributed by atoms with Crippen molar-refractivity contribution in [1.29, 1.82) is 0 Å². The van der Waals surface area contributed by atoms with Crippen molar-refractivity contribution in [2.24, 2.45) is 0 Å². The average molecular weight is 354 g/mol. The molecule has 0 atom stereocenters. The zero-order valence-electron chi connectivity index (χ0n) is 14.9. The van der Waals surface area contributed by atoms with Crippen LogP contribution in [-0.4, -0.2) is 32.1 Å². The monoisotopic (exact) mass is 354 g/mol. The maximum Gasteiger partial charge on any atom is 0.255 e. The Hall–Kier alpha value is -3.28. The van der Waals surface area contributed by atoms with Gasteiger partial charge >= 0.3 is 0 Å². The molecule has 0 bridgehead atoms. The molecule has 0 saturated carbocycles. The molecule has 0 spiro atoms. The van der Waals surface area contributed by atoms with Crippen LogP contribution in [0, 0.1) is 0 Å². The molecule has 0 aliphatic rings. The number of carbonyl (C=O) groups excluding carboxylic acids is 2. The van der Waals surface area contributed by atoms with E-state index in [-0.39, 0.29) is 11.8 Å². The Morgan fingerprint density at radius 1 is 1.12 bits per heavy atom. The summed E-state index contributed by atoms with van der Waals surface area (Å²) in [6, 6.07) is 11.7. The summed E-state index contributed by atoms with van der Waals surface area (Å²) >= 11 is 0. The molecule has 0 aliphatic heterocycles. The summed E-state index contributed by atoms with van der Waals surface area (Å²) in [6.45, 7) is 6.28. The van der Waals surface area contributed by atoms with Crippen LogP contribution in [0.1, 0.15) is 27.6 Å². The minimum Gasteiger partial charge on any atom is -0.493 e. The highest BCUT2D eigenvalue weighted by atomic mass is 16.5. The molecular formula is C20H22N2O4. The molecule has 0 radical (unpaired) electrons. The Bertz CT molecular complexity index is 802. The van der Waals surface area contributed by atoms with Crippen LogP contribution in [0.2, 0.25) is 0 Å². The Labute approximate surface area is 152 Å².